The minimum atomic E-state index is -3.90. The van der Waals surface area contributed by atoms with Crippen LogP contribution in [0.1, 0.15) is 30.8 Å². The highest BCUT2D eigenvalue weighted by Gasteiger charge is 2.33. The molecule has 1 aromatic heterocycles. The number of rotatable bonds is 9. The lowest BCUT2D eigenvalue weighted by molar-refractivity contribution is -0.117. The van der Waals surface area contributed by atoms with Gasteiger partial charge in [0.1, 0.15) is 12.4 Å². The van der Waals surface area contributed by atoms with Gasteiger partial charge in [-0.3, -0.25) is 10.1 Å². The van der Waals surface area contributed by atoms with Crippen molar-refractivity contribution in [2.75, 3.05) is 16.2 Å². The molecule has 1 saturated heterocycles. The second kappa shape index (κ2) is 14.2. The van der Waals surface area contributed by atoms with Gasteiger partial charge in [-0.1, -0.05) is 77.8 Å². The first-order valence-electron chi connectivity index (χ1n) is 15.2. The van der Waals surface area contributed by atoms with Crippen molar-refractivity contribution in [2.24, 2.45) is 0 Å². The molecule has 49 heavy (non-hydrogen) atoms. The lowest BCUT2D eigenvalue weighted by Crippen LogP contribution is -2.29. The zero-order chi connectivity index (χ0) is 34.7. The van der Waals surface area contributed by atoms with Gasteiger partial charge in [-0.15, -0.1) is 0 Å². The van der Waals surface area contributed by atoms with E-state index >= 15 is 0 Å². The molecule has 5 aromatic rings. The van der Waals surface area contributed by atoms with E-state index in [0.29, 0.717) is 39.5 Å². The first-order valence-corrected chi connectivity index (χ1v) is 17.4. The number of benzene rings is 4. The van der Waals surface area contributed by atoms with Crippen LogP contribution in [-0.2, 0) is 26.3 Å². The first kappa shape index (κ1) is 33.8. The van der Waals surface area contributed by atoms with Crippen LogP contribution in [0.25, 0.3) is 34.5 Å². The van der Waals surface area contributed by atoms with Gasteiger partial charge in [-0.25, -0.2) is 18.8 Å². The van der Waals surface area contributed by atoms with Crippen molar-refractivity contribution in [3.8, 4) is 22.4 Å². The van der Waals surface area contributed by atoms with Gasteiger partial charge in [0, 0.05) is 29.0 Å². The molecule has 0 atom stereocenters. The van der Waals surface area contributed by atoms with Crippen molar-refractivity contribution in [3.05, 3.63) is 124 Å². The Balaban J connectivity index is 1.24. The molecule has 2 heterocycles. The maximum Gasteiger partial charge on any atom is 0.411 e. The number of hydrogen-bond acceptors (Lipinski definition) is 6. The molecule has 2 amide bonds. The van der Waals surface area contributed by atoms with Crippen molar-refractivity contribution < 1.29 is 22.7 Å². The van der Waals surface area contributed by atoms with E-state index in [1.54, 1.807) is 38.1 Å². The molecule has 1 aliphatic rings. The zero-order valence-corrected chi connectivity index (χ0v) is 28.8. The molecule has 1 fully saturated rings. The molecule has 0 aliphatic carbocycles. The van der Waals surface area contributed by atoms with Crippen LogP contribution >= 0.6 is 23.2 Å². The SMILES string of the molecule is CC(C)OC(=O)Nc1cccc(-c2ccc(C=Cc3nc(-c4ccc(Cl)cc4Cl)cn3Cc3ccc(N4CC(=O)NS4(=O)=O)cc3)cc2)c1. The van der Waals surface area contributed by atoms with Crippen molar-refractivity contribution >= 4 is 68.9 Å². The van der Waals surface area contributed by atoms with Crippen LogP contribution < -0.4 is 14.3 Å². The van der Waals surface area contributed by atoms with E-state index in [4.69, 9.17) is 32.9 Å². The van der Waals surface area contributed by atoms with Gasteiger partial charge in [-0.2, -0.15) is 8.42 Å². The quantitative estimate of drug-likeness (QED) is 0.160. The maximum absolute atomic E-state index is 12.3. The second-order valence-corrected chi connectivity index (χ2v) is 14.0. The molecular weight excluding hydrogens is 685 g/mol. The van der Waals surface area contributed by atoms with E-state index in [1.807, 2.05) is 94.4 Å². The van der Waals surface area contributed by atoms with Crippen molar-refractivity contribution in [3.63, 3.8) is 0 Å². The molecule has 0 saturated carbocycles. The Hall–Kier alpha value is -5.10. The van der Waals surface area contributed by atoms with Gasteiger partial charge in [0.25, 0.3) is 5.91 Å². The van der Waals surface area contributed by atoms with E-state index in [9.17, 15) is 18.0 Å². The van der Waals surface area contributed by atoms with Gasteiger partial charge < -0.3 is 9.30 Å². The Bertz CT molecular complexity index is 2170. The summed E-state index contributed by atoms with van der Waals surface area (Å²) in [4.78, 5) is 28.6. The number of imidazole rings is 1. The molecule has 4 aromatic carbocycles. The van der Waals surface area contributed by atoms with Gasteiger partial charge in [0.05, 0.1) is 22.5 Å². The monoisotopic (exact) mass is 715 g/mol. The topological polar surface area (TPSA) is 123 Å². The number of anilines is 2. The molecule has 0 bridgehead atoms. The Kier molecular flexibility index (Phi) is 9.77. The number of hydrogen-bond donors (Lipinski definition) is 2. The molecule has 10 nitrogen and oxygen atoms in total. The average Bonchev–Trinajstić information content (AvgIpc) is 3.57. The summed E-state index contributed by atoms with van der Waals surface area (Å²) in [5.74, 6) is 0.0901. The molecule has 250 valence electrons. The zero-order valence-electron chi connectivity index (χ0n) is 26.4. The molecule has 1 aliphatic heterocycles. The van der Waals surface area contributed by atoms with E-state index in [-0.39, 0.29) is 12.6 Å². The van der Waals surface area contributed by atoms with Crippen LogP contribution in [0.3, 0.4) is 0 Å². The smallest absolute Gasteiger partial charge is 0.411 e. The highest BCUT2D eigenvalue weighted by molar-refractivity contribution is 7.92. The summed E-state index contributed by atoms with van der Waals surface area (Å²) in [6.07, 6.45) is 5.05. The molecule has 0 unspecified atom stereocenters. The lowest BCUT2D eigenvalue weighted by atomic mass is 10.0. The summed E-state index contributed by atoms with van der Waals surface area (Å²) in [5.41, 5.74) is 6.16. The largest absolute Gasteiger partial charge is 0.447 e. The highest BCUT2D eigenvalue weighted by Crippen LogP contribution is 2.31. The summed E-state index contributed by atoms with van der Waals surface area (Å²) >= 11 is 12.7. The van der Waals surface area contributed by atoms with Crippen LogP contribution in [0.4, 0.5) is 16.2 Å². The molecule has 13 heteroatoms. The molecular formula is C36H31Cl2N5O5S. The summed E-state index contributed by atoms with van der Waals surface area (Å²) < 4.78 is 34.7. The third-order valence-corrected chi connectivity index (χ3v) is 9.49. The highest BCUT2D eigenvalue weighted by atomic mass is 35.5. The fourth-order valence-corrected chi connectivity index (χ4v) is 6.91. The number of amides is 2. The van der Waals surface area contributed by atoms with Crippen LogP contribution in [0.5, 0.6) is 0 Å². The predicted octanol–water partition coefficient (Wildman–Crippen LogP) is 7.88. The molecule has 0 spiro atoms. The predicted molar refractivity (Wildman–Crippen MR) is 194 cm³/mol. The van der Waals surface area contributed by atoms with E-state index in [0.717, 1.165) is 32.1 Å². The number of aromatic nitrogens is 2. The number of nitrogens with zero attached hydrogens (tertiary/aromatic N) is 3. The summed E-state index contributed by atoms with van der Waals surface area (Å²) in [7, 11) is -3.90. The fourth-order valence-electron chi connectivity index (χ4n) is 5.25. The van der Waals surface area contributed by atoms with Crippen LogP contribution in [0.2, 0.25) is 10.0 Å². The van der Waals surface area contributed by atoms with Crippen LogP contribution in [0.15, 0.2) is 97.2 Å². The standard InChI is InChI=1S/C36H31Cl2N5O5S/c1-23(2)48-36(45)39-29-5-3-4-27(18-29)26-11-6-24(7-12-26)10-17-34-40-33(31-16-13-28(37)19-32(31)38)21-42(34)20-25-8-14-30(15-9-25)43-22-35(44)41-49(43,46)47/h3-19,21,23H,20,22H2,1-2H3,(H,39,45)(H,41,44). The lowest BCUT2D eigenvalue weighted by Gasteiger charge is -2.15. The number of halogens is 2. The minimum absolute atomic E-state index is 0.218. The summed E-state index contributed by atoms with van der Waals surface area (Å²) in [5, 5.41) is 3.75. The molecule has 2 N–H and O–H groups in total. The Morgan fingerprint density at radius 3 is 2.41 bits per heavy atom. The van der Waals surface area contributed by atoms with Gasteiger partial charge in [-0.05, 0) is 84.6 Å². The average molecular weight is 717 g/mol. The van der Waals surface area contributed by atoms with E-state index in [2.05, 4.69) is 5.32 Å². The number of carbonyl (C=O) groups is 2. The van der Waals surface area contributed by atoms with Crippen molar-refractivity contribution in [1.82, 2.24) is 14.3 Å². The third kappa shape index (κ3) is 8.14. The third-order valence-electron chi connectivity index (χ3n) is 7.53. The Morgan fingerprint density at radius 2 is 1.73 bits per heavy atom. The van der Waals surface area contributed by atoms with Crippen LogP contribution in [0, 0.1) is 0 Å². The molecule has 0 radical (unpaired) electrons. The van der Waals surface area contributed by atoms with Gasteiger partial charge >= 0.3 is 16.3 Å². The second-order valence-electron chi connectivity index (χ2n) is 11.6. The normalized spacial score (nSPS) is 14.0. The minimum Gasteiger partial charge on any atom is -0.447 e. The first-order chi connectivity index (χ1) is 23.4. The van der Waals surface area contributed by atoms with Gasteiger partial charge in [0.2, 0.25) is 0 Å². The van der Waals surface area contributed by atoms with E-state index in [1.165, 1.54) is 0 Å². The summed E-state index contributed by atoms with van der Waals surface area (Å²) in [6, 6.07) is 27.7. The number of carbonyl (C=O) groups excluding carboxylic acids is 2. The van der Waals surface area contributed by atoms with Gasteiger partial charge in [0.15, 0.2) is 0 Å². The maximum atomic E-state index is 12.3. The Morgan fingerprint density at radius 1 is 0.980 bits per heavy atom. The molecule has 6 rings (SSSR count). The van der Waals surface area contributed by atoms with Crippen molar-refractivity contribution in [1.29, 1.82) is 0 Å². The van der Waals surface area contributed by atoms with E-state index < -0.39 is 22.2 Å². The van der Waals surface area contributed by atoms with Crippen LogP contribution in [-0.4, -0.2) is 42.6 Å². The summed E-state index contributed by atoms with van der Waals surface area (Å²) in [6.45, 7) is 3.75. The number of ether oxygens (including phenoxy) is 1. The fraction of sp³-hybridized carbons (Fsp3) is 0.139. The number of nitrogens with one attached hydrogen (secondary N) is 2. The van der Waals surface area contributed by atoms with Crippen molar-refractivity contribution in [2.45, 2.75) is 26.5 Å². The Labute approximate surface area is 294 Å².